The van der Waals surface area contributed by atoms with Crippen LogP contribution >= 0.6 is 0 Å². The predicted molar refractivity (Wildman–Crippen MR) is 98.3 cm³/mol. The molecule has 26 heavy (non-hydrogen) atoms. The number of hydrogen-bond donors (Lipinski definition) is 1. The number of aromatic nitrogens is 1. The van der Waals surface area contributed by atoms with E-state index in [4.69, 9.17) is 9.15 Å². The minimum absolute atomic E-state index is 0.170. The van der Waals surface area contributed by atoms with Crippen LogP contribution in [0.2, 0.25) is 0 Å². The lowest BCUT2D eigenvalue weighted by Crippen LogP contribution is -2.42. The van der Waals surface area contributed by atoms with Crippen LogP contribution in [0.25, 0.3) is 11.3 Å². The quantitative estimate of drug-likeness (QED) is 0.695. The van der Waals surface area contributed by atoms with Gasteiger partial charge in [0.05, 0.1) is 13.3 Å². The van der Waals surface area contributed by atoms with Gasteiger partial charge in [-0.3, -0.25) is 4.79 Å². The minimum atomic E-state index is -0.598. The second-order valence-corrected chi connectivity index (χ2v) is 6.61. The topological polar surface area (TPSA) is 81.4 Å². The van der Waals surface area contributed by atoms with Gasteiger partial charge in [-0.1, -0.05) is 44.2 Å². The Hall–Kier alpha value is -2.63. The highest BCUT2D eigenvalue weighted by Crippen LogP contribution is 2.20. The van der Waals surface area contributed by atoms with Crippen LogP contribution in [0.1, 0.15) is 39.0 Å². The molecule has 0 saturated carbocycles. The lowest BCUT2D eigenvalue weighted by molar-refractivity contribution is -0.145. The molecule has 6 nitrogen and oxygen atoms in total. The van der Waals surface area contributed by atoms with E-state index in [-0.39, 0.29) is 11.8 Å². The summed E-state index contributed by atoms with van der Waals surface area (Å²) in [6.45, 7) is 3.99. The van der Waals surface area contributed by atoms with Gasteiger partial charge >= 0.3 is 5.97 Å². The first-order valence-corrected chi connectivity index (χ1v) is 8.87. The molecule has 2 aromatic rings. The number of carbonyl (C=O) groups excluding carboxylic acids is 2. The maximum Gasteiger partial charge on any atom is 0.328 e. The van der Waals surface area contributed by atoms with E-state index in [0.29, 0.717) is 37.3 Å². The highest BCUT2D eigenvalue weighted by molar-refractivity contribution is 5.84. The summed E-state index contributed by atoms with van der Waals surface area (Å²) in [5.74, 6) is 1.02. The van der Waals surface area contributed by atoms with Gasteiger partial charge < -0.3 is 14.5 Å². The first-order chi connectivity index (χ1) is 12.5. The van der Waals surface area contributed by atoms with Gasteiger partial charge in [0.15, 0.2) is 11.7 Å². The van der Waals surface area contributed by atoms with Crippen LogP contribution in [-0.2, 0) is 20.7 Å². The number of carbonyl (C=O) groups is 2. The van der Waals surface area contributed by atoms with E-state index in [1.165, 1.54) is 7.11 Å². The van der Waals surface area contributed by atoms with E-state index in [0.717, 1.165) is 5.56 Å². The zero-order chi connectivity index (χ0) is 18.9. The highest BCUT2D eigenvalue weighted by atomic mass is 16.5. The number of ether oxygens (including phenoxy) is 1. The van der Waals surface area contributed by atoms with Gasteiger partial charge in [-0.25, -0.2) is 9.78 Å². The second-order valence-electron chi connectivity index (χ2n) is 6.61. The van der Waals surface area contributed by atoms with Crippen molar-refractivity contribution in [3.8, 4) is 11.3 Å². The van der Waals surface area contributed by atoms with Gasteiger partial charge in [0.2, 0.25) is 5.91 Å². The van der Waals surface area contributed by atoms with Gasteiger partial charge in [-0.2, -0.15) is 0 Å². The Kier molecular flexibility index (Phi) is 7.38. The summed E-state index contributed by atoms with van der Waals surface area (Å²) in [5, 5.41) is 2.75. The first kappa shape index (κ1) is 19.7. The van der Waals surface area contributed by atoms with Crippen molar-refractivity contribution >= 4 is 11.9 Å². The molecular formula is C20H26N2O4. The fourth-order valence-electron chi connectivity index (χ4n) is 2.66. The van der Waals surface area contributed by atoms with E-state index in [9.17, 15) is 9.59 Å². The van der Waals surface area contributed by atoms with Crippen LogP contribution in [0.4, 0.5) is 0 Å². The average Bonchev–Trinajstić information content (AvgIpc) is 3.09. The molecule has 1 aromatic heterocycles. The van der Waals surface area contributed by atoms with Crippen molar-refractivity contribution in [1.29, 1.82) is 0 Å². The maximum absolute atomic E-state index is 12.1. The fourth-order valence-corrected chi connectivity index (χ4v) is 2.66. The summed E-state index contributed by atoms with van der Waals surface area (Å²) in [4.78, 5) is 28.1. The molecular weight excluding hydrogens is 332 g/mol. The summed E-state index contributed by atoms with van der Waals surface area (Å²) in [6.07, 6.45) is 3.71. The Morgan fingerprint density at radius 1 is 1.23 bits per heavy atom. The Balaban J connectivity index is 1.81. The van der Waals surface area contributed by atoms with Crippen LogP contribution in [0.5, 0.6) is 0 Å². The van der Waals surface area contributed by atoms with Crippen molar-refractivity contribution in [3.05, 3.63) is 42.4 Å². The molecule has 1 aromatic carbocycles. The van der Waals surface area contributed by atoms with Crippen molar-refractivity contribution in [1.82, 2.24) is 10.3 Å². The lowest BCUT2D eigenvalue weighted by Gasteiger charge is -2.18. The number of esters is 1. The standard InChI is InChI=1S/C20H26N2O4/c1-14(2)12-16(20(24)25-3)22-18(23)10-7-11-19-21-13-17(26-19)15-8-5-4-6-9-15/h4-6,8-9,13-14,16H,7,10-12H2,1-3H3,(H,22,23). The molecule has 140 valence electrons. The molecule has 0 aliphatic carbocycles. The van der Waals surface area contributed by atoms with Crippen molar-refractivity contribution in [2.75, 3.05) is 7.11 Å². The summed E-state index contributed by atoms with van der Waals surface area (Å²) < 4.78 is 10.5. The summed E-state index contributed by atoms with van der Waals surface area (Å²) in [6, 6.07) is 9.14. The van der Waals surface area contributed by atoms with Crippen LogP contribution < -0.4 is 5.32 Å². The number of methoxy groups -OCH3 is 1. The predicted octanol–water partition coefficient (Wildman–Crippen LogP) is 3.37. The highest BCUT2D eigenvalue weighted by Gasteiger charge is 2.22. The molecule has 0 fully saturated rings. The number of amides is 1. The minimum Gasteiger partial charge on any atom is -0.467 e. The van der Waals surface area contributed by atoms with Crippen LogP contribution in [0, 0.1) is 5.92 Å². The van der Waals surface area contributed by atoms with Crippen LogP contribution in [0.15, 0.2) is 40.9 Å². The molecule has 1 amide bonds. The van der Waals surface area contributed by atoms with Crippen LogP contribution in [-0.4, -0.2) is 30.0 Å². The van der Waals surface area contributed by atoms with E-state index in [1.807, 2.05) is 44.2 Å². The zero-order valence-corrected chi connectivity index (χ0v) is 15.5. The molecule has 6 heteroatoms. The monoisotopic (exact) mass is 358 g/mol. The lowest BCUT2D eigenvalue weighted by atomic mass is 10.0. The van der Waals surface area contributed by atoms with Gasteiger partial charge in [-0.05, 0) is 18.8 Å². The largest absolute Gasteiger partial charge is 0.467 e. The zero-order valence-electron chi connectivity index (χ0n) is 15.5. The number of hydrogen-bond acceptors (Lipinski definition) is 5. The van der Waals surface area contributed by atoms with E-state index < -0.39 is 12.0 Å². The van der Waals surface area contributed by atoms with Gasteiger partial charge in [0.1, 0.15) is 6.04 Å². The molecule has 0 bridgehead atoms. The number of nitrogens with one attached hydrogen (secondary N) is 1. The number of rotatable bonds is 9. The Morgan fingerprint density at radius 2 is 1.96 bits per heavy atom. The third kappa shape index (κ3) is 6.02. The summed E-state index contributed by atoms with van der Waals surface area (Å²) >= 11 is 0. The number of oxazole rings is 1. The van der Waals surface area contributed by atoms with Crippen LogP contribution in [0.3, 0.4) is 0 Å². The third-order valence-electron chi connectivity index (χ3n) is 3.93. The Morgan fingerprint density at radius 3 is 2.62 bits per heavy atom. The molecule has 1 N–H and O–H groups in total. The van der Waals surface area contributed by atoms with Crippen molar-refractivity contribution in [2.45, 2.75) is 45.6 Å². The molecule has 0 spiro atoms. The second kappa shape index (κ2) is 9.75. The normalized spacial score (nSPS) is 12.0. The third-order valence-corrected chi connectivity index (χ3v) is 3.93. The molecule has 0 saturated heterocycles. The SMILES string of the molecule is COC(=O)C(CC(C)C)NC(=O)CCCc1ncc(-c2ccccc2)o1. The molecule has 0 radical (unpaired) electrons. The molecule has 0 aliphatic heterocycles. The Labute approximate surface area is 154 Å². The first-order valence-electron chi connectivity index (χ1n) is 8.87. The number of benzene rings is 1. The maximum atomic E-state index is 12.1. The average molecular weight is 358 g/mol. The molecule has 2 rings (SSSR count). The van der Waals surface area contributed by atoms with E-state index in [1.54, 1.807) is 6.20 Å². The van der Waals surface area contributed by atoms with Crippen molar-refractivity contribution in [3.63, 3.8) is 0 Å². The number of nitrogens with zero attached hydrogens (tertiary/aromatic N) is 1. The summed E-state index contributed by atoms with van der Waals surface area (Å²) in [5.41, 5.74) is 0.971. The number of aryl methyl sites for hydroxylation is 1. The molecule has 1 atom stereocenters. The molecule has 1 heterocycles. The van der Waals surface area contributed by atoms with Gasteiger partial charge in [-0.15, -0.1) is 0 Å². The smallest absolute Gasteiger partial charge is 0.328 e. The molecule has 1 unspecified atom stereocenters. The summed E-state index contributed by atoms with van der Waals surface area (Å²) in [7, 11) is 1.33. The van der Waals surface area contributed by atoms with Crippen molar-refractivity contribution in [2.24, 2.45) is 5.92 Å². The van der Waals surface area contributed by atoms with E-state index in [2.05, 4.69) is 10.3 Å². The molecule has 0 aliphatic rings. The Bertz CT molecular complexity index is 710. The van der Waals surface area contributed by atoms with Gasteiger partial charge in [0, 0.05) is 18.4 Å². The van der Waals surface area contributed by atoms with Crippen molar-refractivity contribution < 1.29 is 18.7 Å². The van der Waals surface area contributed by atoms with Gasteiger partial charge in [0.25, 0.3) is 0 Å². The van der Waals surface area contributed by atoms with E-state index >= 15 is 0 Å². The fraction of sp³-hybridized carbons (Fsp3) is 0.450.